The number of nitrogens with one attached hydrogen (secondary N) is 1. The summed E-state index contributed by atoms with van der Waals surface area (Å²) in [6.07, 6.45) is 2.70. The number of hydrogen-bond acceptors (Lipinski definition) is 2. The van der Waals surface area contributed by atoms with Gasteiger partial charge >= 0.3 is 5.97 Å². The SMILES string of the molecule is CC(=O)NCC12CC(C1)C(C(=O)O)C2. The lowest BCUT2D eigenvalue weighted by molar-refractivity contribution is -0.142. The second-order valence-electron chi connectivity index (χ2n) is 4.73. The van der Waals surface area contributed by atoms with Crippen LogP contribution in [0.15, 0.2) is 0 Å². The normalized spacial score (nSPS) is 38.9. The van der Waals surface area contributed by atoms with E-state index in [4.69, 9.17) is 5.11 Å². The van der Waals surface area contributed by atoms with Gasteiger partial charge in [0.2, 0.25) is 5.91 Å². The van der Waals surface area contributed by atoms with Gasteiger partial charge in [0.05, 0.1) is 5.92 Å². The number of carboxylic acid groups (broad SMARTS) is 1. The number of amides is 1. The van der Waals surface area contributed by atoms with Crippen LogP contribution in [-0.4, -0.2) is 23.5 Å². The minimum atomic E-state index is -0.669. The first-order valence-electron chi connectivity index (χ1n) is 5.00. The van der Waals surface area contributed by atoms with Gasteiger partial charge in [-0.25, -0.2) is 0 Å². The maximum atomic E-state index is 10.8. The molecule has 0 heterocycles. The summed E-state index contributed by atoms with van der Waals surface area (Å²) in [5.74, 6) is -0.496. The third kappa shape index (κ3) is 1.38. The van der Waals surface area contributed by atoms with Crippen molar-refractivity contribution < 1.29 is 14.7 Å². The third-order valence-electron chi connectivity index (χ3n) is 3.64. The molecule has 1 amide bonds. The highest BCUT2D eigenvalue weighted by Gasteiger charge is 2.57. The van der Waals surface area contributed by atoms with E-state index in [1.807, 2.05) is 0 Å². The molecule has 0 aromatic carbocycles. The van der Waals surface area contributed by atoms with E-state index >= 15 is 0 Å². The van der Waals surface area contributed by atoms with Gasteiger partial charge in [-0.3, -0.25) is 9.59 Å². The molecule has 4 nitrogen and oxygen atoms in total. The highest BCUT2D eigenvalue weighted by molar-refractivity contribution is 5.73. The van der Waals surface area contributed by atoms with Crippen LogP contribution in [-0.2, 0) is 9.59 Å². The summed E-state index contributed by atoms with van der Waals surface area (Å²) in [5.41, 5.74) is 0.111. The molecule has 0 saturated heterocycles. The minimum absolute atomic E-state index is 0.0263. The molecule has 1 atom stereocenters. The summed E-state index contributed by atoms with van der Waals surface area (Å²) < 4.78 is 0. The average Bonchev–Trinajstić information content (AvgIpc) is 2.53. The predicted octanol–water partition coefficient (Wildman–Crippen LogP) is 0.623. The van der Waals surface area contributed by atoms with Crippen molar-refractivity contribution in [1.82, 2.24) is 5.32 Å². The smallest absolute Gasteiger partial charge is 0.306 e. The van der Waals surface area contributed by atoms with Gasteiger partial charge in [-0.2, -0.15) is 0 Å². The highest BCUT2D eigenvalue weighted by Crippen LogP contribution is 2.61. The zero-order valence-corrected chi connectivity index (χ0v) is 8.25. The Hall–Kier alpha value is -1.06. The zero-order valence-electron chi connectivity index (χ0n) is 8.25. The summed E-state index contributed by atoms with van der Waals surface area (Å²) >= 11 is 0. The molecule has 0 spiro atoms. The molecule has 2 N–H and O–H groups in total. The third-order valence-corrected chi connectivity index (χ3v) is 3.64. The van der Waals surface area contributed by atoms with Crippen LogP contribution in [0.5, 0.6) is 0 Å². The van der Waals surface area contributed by atoms with E-state index in [9.17, 15) is 9.59 Å². The van der Waals surface area contributed by atoms with E-state index in [1.54, 1.807) is 0 Å². The van der Waals surface area contributed by atoms with Crippen molar-refractivity contribution in [3.05, 3.63) is 0 Å². The standard InChI is InChI=1S/C10H15NO3/c1-6(12)11-5-10-2-7(3-10)8(4-10)9(13)14/h7-8H,2-5H2,1H3,(H,11,12)(H,13,14). The highest BCUT2D eigenvalue weighted by atomic mass is 16.4. The molecule has 14 heavy (non-hydrogen) atoms. The predicted molar refractivity (Wildman–Crippen MR) is 49.6 cm³/mol. The fourth-order valence-corrected chi connectivity index (χ4v) is 2.95. The summed E-state index contributed by atoms with van der Waals surface area (Å²) in [7, 11) is 0. The van der Waals surface area contributed by atoms with E-state index in [1.165, 1.54) is 6.92 Å². The van der Waals surface area contributed by atoms with E-state index < -0.39 is 5.97 Å². The maximum absolute atomic E-state index is 10.8. The summed E-state index contributed by atoms with van der Waals surface area (Å²) in [4.78, 5) is 21.6. The monoisotopic (exact) mass is 197 g/mol. The van der Waals surface area contributed by atoms with Gasteiger partial charge in [0.15, 0.2) is 0 Å². The molecule has 3 saturated carbocycles. The Balaban J connectivity index is 1.91. The van der Waals surface area contributed by atoms with Crippen molar-refractivity contribution in [3.8, 4) is 0 Å². The molecular weight excluding hydrogens is 182 g/mol. The molecular formula is C10H15NO3. The van der Waals surface area contributed by atoms with Crippen molar-refractivity contribution >= 4 is 11.9 Å². The van der Waals surface area contributed by atoms with Crippen LogP contribution in [0.2, 0.25) is 0 Å². The Kier molecular flexibility index (Phi) is 2.01. The van der Waals surface area contributed by atoms with Gasteiger partial charge in [-0.05, 0) is 30.6 Å². The number of fused-ring (bicyclic) bond motifs is 1. The van der Waals surface area contributed by atoms with Gasteiger partial charge in [-0.1, -0.05) is 0 Å². The first-order valence-corrected chi connectivity index (χ1v) is 5.00. The summed E-state index contributed by atoms with van der Waals surface area (Å²) in [5, 5.41) is 11.7. The van der Waals surface area contributed by atoms with E-state index in [2.05, 4.69) is 5.32 Å². The van der Waals surface area contributed by atoms with Crippen molar-refractivity contribution in [3.63, 3.8) is 0 Å². The van der Waals surface area contributed by atoms with Gasteiger partial charge in [0, 0.05) is 13.5 Å². The lowest BCUT2D eigenvalue weighted by Crippen LogP contribution is -2.40. The topological polar surface area (TPSA) is 66.4 Å². The Labute approximate surface area is 82.7 Å². The van der Waals surface area contributed by atoms with Crippen LogP contribution in [0, 0.1) is 17.3 Å². The second-order valence-corrected chi connectivity index (χ2v) is 4.73. The molecule has 2 bridgehead atoms. The lowest BCUT2D eigenvalue weighted by Gasteiger charge is -2.38. The van der Waals surface area contributed by atoms with Crippen LogP contribution in [0.1, 0.15) is 26.2 Å². The molecule has 3 aliphatic carbocycles. The number of carbonyl (C=O) groups excluding carboxylic acids is 1. The summed E-state index contributed by atoms with van der Waals surface area (Å²) in [6.45, 7) is 2.15. The maximum Gasteiger partial charge on any atom is 0.306 e. The van der Waals surface area contributed by atoms with E-state index in [-0.39, 0.29) is 17.2 Å². The van der Waals surface area contributed by atoms with Gasteiger partial charge in [-0.15, -0.1) is 0 Å². The quantitative estimate of drug-likeness (QED) is 0.697. The first kappa shape index (κ1) is 9.49. The van der Waals surface area contributed by atoms with Gasteiger partial charge in [0.25, 0.3) is 0 Å². The zero-order chi connectivity index (χ0) is 10.3. The molecule has 0 radical (unpaired) electrons. The van der Waals surface area contributed by atoms with Crippen LogP contribution in [0.4, 0.5) is 0 Å². The molecule has 78 valence electrons. The Morgan fingerprint density at radius 1 is 1.43 bits per heavy atom. The molecule has 4 heteroatoms. The van der Waals surface area contributed by atoms with Gasteiger partial charge < -0.3 is 10.4 Å². The number of carbonyl (C=O) groups is 2. The summed E-state index contributed by atoms with van der Waals surface area (Å²) in [6, 6.07) is 0. The number of rotatable bonds is 3. The van der Waals surface area contributed by atoms with Crippen LogP contribution in [0.3, 0.4) is 0 Å². The van der Waals surface area contributed by atoms with E-state index in [0.29, 0.717) is 12.5 Å². The Morgan fingerprint density at radius 3 is 2.50 bits per heavy atom. The molecule has 3 aliphatic rings. The molecule has 0 aromatic heterocycles. The van der Waals surface area contributed by atoms with Crippen molar-refractivity contribution in [1.29, 1.82) is 0 Å². The van der Waals surface area contributed by atoms with Crippen LogP contribution in [0.25, 0.3) is 0 Å². The molecule has 3 rings (SSSR count). The largest absolute Gasteiger partial charge is 0.481 e. The Bertz CT molecular complexity index is 281. The molecule has 1 unspecified atom stereocenters. The van der Waals surface area contributed by atoms with Gasteiger partial charge in [0.1, 0.15) is 0 Å². The molecule has 0 aromatic rings. The van der Waals surface area contributed by atoms with Crippen molar-refractivity contribution in [2.45, 2.75) is 26.2 Å². The fraction of sp³-hybridized carbons (Fsp3) is 0.800. The first-order chi connectivity index (χ1) is 6.52. The number of aliphatic carboxylic acids is 1. The number of hydrogen-bond donors (Lipinski definition) is 2. The fourth-order valence-electron chi connectivity index (χ4n) is 2.95. The minimum Gasteiger partial charge on any atom is -0.481 e. The van der Waals surface area contributed by atoms with Crippen molar-refractivity contribution in [2.75, 3.05) is 6.54 Å². The van der Waals surface area contributed by atoms with E-state index in [0.717, 1.165) is 19.3 Å². The van der Waals surface area contributed by atoms with Crippen LogP contribution >= 0.6 is 0 Å². The number of carboxylic acids is 1. The molecule has 3 fully saturated rings. The molecule has 0 aliphatic heterocycles. The van der Waals surface area contributed by atoms with Crippen molar-refractivity contribution in [2.24, 2.45) is 17.3 Å². The second kappa shape index (κ2) is 2.97. The Morgan fingerprint density at radius 2 is 2.07 bits per heavy atom. The van der Waals surface area contributed by atoms with Crippen LogP contribution < -0.4 is 5.32 Å². The lowest BCUT2D eigenvalue weighted by atomic mass is 9.69. The average molecular weight is 197 g/mol.